The highest BCUT2D eigenvalue weighted by Crippen LogP contribution is 2.62. The first kappa shape index (κ1) is 24.9. The molecule has 190 valence electrons. The molecule has 36 heavy (non-hydrogen) atoms. The van der Waals surface area contributed by atoms with Gasteiger partial charge in [-0.1, -0.05) is 32.0 Å². The maximum Gasteiger partial charge on any atom is 0.225 e. The molecule has 0 radical (unpaired) electrons. The van der Waals surface area contributed by atoms with Gasteiger partial charge in [-0.3, -0.25) is 4.79 Å². The molecule has 5 rings (SSSR count). The van der Waals surface area contributed by atoms with Crippen molar-refractivity contribution in [1.82, 2.24) is 4.98 Å². The van der Waals surface area contributed by atoms with Crippen LogP contribution < -0.4 is 10.6 Å². The number of halogens is 1. The average Bonchev–Trinajstić information content (AvgIpc) is 3.27. The molecule has 8 heteroatoms. The Labute approximate surface area is 214 Å². The Morgan fingerprint density at radius 2 is 1.86 bits per heavy atom. The van der Waals surface area contributed by atoms with E-state index in [1.165, 1.54) is 23.5 Å². The summed E-state index contributed by atoms with van der Waals surface area (Å²) in [6.07, 6.45) is 1.65. The van der Waals surface area contributed by atoms with Gasteiger partial charge in [-0.2, -0.15) is 0 Å². The van der Waals surface area contributed by atoms with Crippen molar-refractivity contribution >= 4 is 33.8 Å². The molecule has 2 aliphatic rings. The number of thiazole rings is 1. The number of aromatic nitrogens is 1. The minimum absolute atomic E-state index is 0.0140. The predicted molar refractivity (Wildman–Crippen MR) is 140 cm³/mol. The minimum Gasteiger partial charge on any atom is -0.396 e. The predicted octanol–water partition coefficient (Wildman–Crippen LogP) is 5.47. The Balaban J connectivity index is 1.51. The number of hydrogen-bond donors (Lipinski definition) is 4. The number of aliphatic hydroxyl groups excluding tert-OH is 2. The van der Waals surface area contributed by atoms with E-state index in [9.17, 15) is 19.4 Å². The maximum atomic E-state index is 13.4. The third-order valence-electron chi connectivity index (χ3n) is 8.44. The van der Waals surface area contributed by atoms with Gasteiger partial charge in [0.15, 0.2) is 5.13 Å². The zero-order chi connectivity index (χ0) is 25.5. The van der Waals surface area contributed by atoms with Crippen LogP contribution in [0, 0.1) is 22.6 Å². The van der Waals surface area contributed by atoms with Crippen LogP contribution in [0.2, 0.25) is 0 Å². The number of carbonyl (C=O) groups is 1. The quantitative estimate of drug-likeness (QED) is 0.354. The number of para-hydroxylation sites is 1. The smallest absolute Gasteiger partial charge is 0.225 e. The zero-order valence-corrected chi connectivity index (χ0v) is 21.3. The third kappa shape index (κ3) is 4.42. The van der Waals surface area contributed by atoms with Gasteiger partial charge in [-0.05, 0) is 67.0 Å². The van der Waals surface area contributed by atoms with Gasteiger partial charge in [0.1, 0.15) is 5.82 Å². The Hall–Kier alpha value is -2.81. The van der Waals surface area contributed by atoms with Crippen molar-refractivity contribution in [1.29, 1.82) is 0 Å². The molecule has 1 heterocycles. The number of amides is 1. The summed E-state index contributed by atoms with van der Waals surface area (Å²) in [5, 5.41) is 28.3. The second-order valence-corrected chi connectivity index (χ2v) is 11.7. The standard InChI is InChI=1S/C28H32FN3O3S/c1-27-13-12-23(34)28(2,16-33)22(27)15-21-25(20(27)14-24(35)30-18-6-4-3-5-7-18)32-26(36-21)31-19-10-8-17(29)9-11-19/h3-11,20,22-23,33-34H,12-16H2,1-2H3,(H,30,35)(H,31,32). The SMILES string of the molecule is CC1(CO)C(O)CCC2(C)C(CC(=O)Nc3ccccc3)c3nc(Nc4ccc(F)cc4)sc3CC12. The van der Waals surface area contributed by atoms with Crippen LogP contribution in [0.4, 0.5) is 20.9 Å². The van der Waals surface area contributed by atoms with Crippen LogP contribution in [0.15, 0.2) is 54.6 Å². The Kier molecular flexibility index (Phi) is 6.61. The molecule has 1 aromatic heterocycles. The fourth-order valence-electron chi connectivity index (χ4n) is 6.27. The third-order valence-corrected chi connectivity index (χ3v) is 9.45. The number of rotatable bonds is 6. The van der Waals surface area contributed by atoms with E-state index in [4.69, 9.17) is 4.98 Å². The molecule has 3 aromatic rings. The highest BCUT2D eigenvalue weighted by Gasteiger charge is 2.59. The Bertz CT molecular complexity index is 1230. The zero-order valence-electron chi connectivity index (χ0n) is 20.5. The fraction of sp³-hybridized carbons (Fsp3) is 0.429. The summed E-state index contributed by atoms with van der Waals surface area (Å²) in [6.45, 7) is 4.03. The molecule has 0 saturated heterocycles. The van der Waals surface area contributed by atoms with Gasteiger partial charge in [0, 0.05) is 34.0 Å². The lowest BCUT2D eigenvalue weighted by atomic mass is 9.47. The number of hydrogen-bond acceptors (Lipinski definition) is 6. The van der Waals surface area contributed by atoms with Crippen LogP contribution in [0.3, 0.4) is 0 Å². The van der Waals surface area contributed by atoms with E-state index in [0.29, 0.717) is 18.0 Å². The first-order valence-corrected chi connectivity index (χ1v) is 13.2. The van der Waals surface area contributed by atoms with E-state index in [1.54, 1.807) is 12.1 Å². The van der Waals surface area contributed by atoms with Crippen molar-refractivity contribution in [2.45, 2.75) is 51.6 Å². The number of benzene rings is 2. The van der Waals surface area contributed by atoms with Crippen molar-refractivity contribution in [2.75, 3.05) is 17.2 Å². The summed E-state index contributed by atoms with van der Waals surface area (Å²) in [6, 6.07) is 15.5. The molecular formula is C28H32FN3O3S. The van der Waals surface area contributed by atoms with E-state index in [1.807, 2.05) is 37.3 Å². The first-order valence-electron chi connectivity index (χ1n) is 12.4. The number of anilines is 3. The highest BCUT2D eigenvalue weighted by molar-refractivity contribution is 7.15. The van der Waals surface area contributed by atoms with Gasteiger partial charge < -0.3 is 20.8 Å². The van der Waals surface area contributed by atoms with E-state index in [0.717, 1.165) is 28.4 Å². The summed E-state index contributed by atoms with van der Waals surface area (Å²) in [5.74, 6) is -0.576. The molecule has 2 aromatic carbocycles. The molecular weight excluding hydrogens is 477 g/mol. The van der Waals surface area contributed by atoms with Crippen LogP contribution >= 0.6 is 11.3 Å². The molecule has 5 unspecified atom stereocenters. The van der Waals surface area contributed by atoms with Crippen molar-refractivity contribution in [3.05, 3.63) is 71.0 Å². The topological polar surface area (TPSA) is 94.5 Å². The summed E-state index contributed by atoms with van der Waals surface area (Å²) in [5.41, 5.74) is 1.40. The van der Waals surface area contributed by atoms with Gasteiger partial charge >= 0.3 is 0 Å². The Morgan fingerprint density at radius 1 is 1.14 bits per heavy atom. The van der Waals surface area contributed by atoms with Crippen LogP contribution in [0.1, 0.15) is 49.6 Å². The molecule has 1 amide bonds. The monoisotopic (exact) mass is 509 g/mol. The fourth-order valence-corrected chi connectivity index (χ4v) is 7.36. The molecule has 0 aliphatic heterocycles. The summed E-state index contributed by atoms with van der Waals surface area (Å²) in [7, 11) is 0. The van der Waals surface area contributed by atoms with Crippen molar-refractivity contribution in [3.63, 3.8) is 0 Å². The molecule has 0 spiro atoms. The number of carbonyl (C=O) groups excluding carboxylic acids is 1. The van der Waals surface area contributed by atoms with E-state index in [2.05, 4.69) is 17.6 Å². The number of fused-ring (bicyclic) bond motifs is 2. The lowest BCUT2D eigenvalue weighted by molar-refractivity contribution is -0.143. The maximum absolute atomic E-state index is 13.4. The van der Waals surface area contributed by atoms with E-state index in [-0.39, 0.29) is 42.0 Å². The van der Waals surface area contributed by atoms with Gasteiger partial charge in [-0.15, -0.1) is 11.3 Å². The van der Waals surface area contributed by atoms with Gasteiger partial charge in [0.2, 0.25) is 5.91 Å². The summed E-state index contributed by atoms with van der Waals surface area (Å²) < 4.78 is 13.4. The van der Waals surface area contributed by atoms with Crippen molar-refractivity contribution in [2.24, 2.45) is 16.7 Å². The van der Waals surface area contributed by atoms with Gasteiger partial charge in [0.05, 0.1) is 18.4 Å². The molecule has 5 atom stereocenters. The van der Waals surface area contributed by atoms with Gasteiger partial charge in [0.25, 0.3) is 0 Å². The normalized spacial score (nSPS) is 29.2. The lowest BCUT2D eigenvalue weighted by Crippen LogP contribution is -2.57. The molecule has 1 saturated carbocycles. The molecule has 2 aliphatic carbocycles. The van der Waals surface area contributed by atoms with E-state index < -0.39 is 11.5 Å². The second kappa shape index (κ2) is 9.57. The molecule has 1 fully saturated rings. The van der Waals surface area contributed by atoms with Crippen LogP contribution in [0.5, 0.6) is 0 Å². The van der Waals surface area contributed by atoms with Gasteiger partial charge in [-0.25, -0.2) is 9.37 Å². The first-order chi connectivity index (χ1) is 17.2. The van der Waals surface area contributed by atoms with E-state index >= 15 is 0 Å². The number of nitrogens with zero attached hydrogens (tertiary/aromatic N) is 1. The van der Waals surface area contributed by atoms with Crippen molar-refractivity contribution in [3.8, 4) is 0 Å². The lowest BCUT2D eigenvalue weighted by Gasteiger charge is -2.58. The number of aliphatic hydroxyl groups is 2. The summed E-state index contributed by atoms with van der Waals surface area (Å²) >= 11 is 1.53. The molecule has 6 nitrogen and oxygen atoms in total. The van der Waals surface area contributed by atoms with Crippen LogP contribution in [0.25, 0.3) is 0 Å². The summed E-state index contributed by atoms with van der Waals surface area (Å²) in [4.78, 5) is 19.3. The molecule has 4 N–H and O–H groups in total. The van der Waals surface area contributed by atoms with Crippen LogP contribution in [-0.4, -0.2) is 33.8 Å². The van der Waals surface area contributed by atoms with Crippen LogP contribution in [-0.2, 0) is 11.2 Å². The van der Waals surface area contributed by atoms with Crippen molar-refractivity contribution < 1.29 is 19.4 Å². The Morgan fingerprint density at radius 3 is 2.56 bits per heavy atom. The largest absolute Gasteiger partial charge is 0.396 e. The second-order valence-electron chi connectivity index (χ2n) is 10.6. The highest BCUT2D eigenvalue weighted by atomic mass is 32.1. The number of nitrogens with one attached hydrogen (secondary N) is 2. The molecule has 0 bridgehead atoms. The average molecular weight is 510 g/mol. The minimum atomic E-state index is -0.673.